The van der Waals surface area contributed by atoms with E-state index in [9.17, 15) is 14.0 Å². The number of carbonyl (C=O) groups is 2. The van der Waals surface area contributed by atoms with Crippen molar-refractivity contribution in [2.45, 2.75) is 25.3 Å². The van der Waals surface area contributed by atoms with Crippen LogP contribution in [0.3, 0.4) is 0 Å². The van der Waals surface area contributed by atoms with Gasteiger partial charge in [0.1, 0.15) is 11.5 Å². The maximum absolute atomic E-state index is 13.9. The third-order valence-corrected chi connectivity index (χ3v) is 4.80. The highest BCUT2D eigenvalue weighted by Crippen LogP contribution is 2.33. The first-order chi connectivity index (χ1) is 11.5. The van der Waals surface area contributed by atoms with Gasteiger partial charge in [-0.2, -0.15) is 10.3 Å². The van der Waals surface area contributed by atoms with Gasteiger partial charge in [-0.25, -0.2) is 9.18 Å². The Morgan fingerprint density at radius 1 is 1.42 bits per heavy atom. The fourth-order valence-electron chi connectivity index (χ4n) is 2.93. The Kier molecular flexibility index (Phi) is 4.61. The summed E-state index contributed by atoms with van der Waals surface area (Å²) >= 11 is 3.25. The van der Waals surface area contributed by atoms with Gasteiger partial charge in [-0.15, -0.1) is 5.10 Å². The number of aromatic amines is 1. The van der Waals surface area contributed by atoms with Gasteiger partial charge in [-0.1, -0.05) is 22.0 Å². The Morgan fingerprint density at radius 3 is 2.92 bits per heavy atom. The number of likely N-dealkylation sites (tertiary alicyclic amines) is 1. The maximum atomic E-state index is 13.9. The SMILES string of the molecule is O=C(O)c1n[nH]nc1C1CCCN1C(=O)Cc1c(F)cccc1Br. The molecule has 24 heavy (non-hydrogen) atoms. The number of carboxylic acid groups (broad SMARTS) is 1. The van der Waals surface area contributed by atoms with Crippen LogP contribution in [0.5, 0.6) is 0 Å². The third-order valence-electron chi connectivity index (χ3n) is 4.06. The van der Waals surface area contributed by atoms with Gasteiger partial charge >= 0.3 is 5.97 Å². The monoisotopic (exact) mass is 396 g/mol. The van der Waals surface area contributed by atoms with E-state index in [2.05, 4.69) is 31.3 Å². The van der Waals surface area contributed by atoms with Gasteiger partial charge in [-0.05, 0) is 25.0 Å². The summed E-state index contributed by atoms with van der Waals surface area (Å²) in [6.45, 7) is 0.474. The van der Waals surface area contributed by atoms with Crippen LogP contribution in [0.15, 0.2) is 22.7 Å². The number of hydrogen-bond acceptors (Lipinski definition) is 4. The van der Waals surface area contributed by atoms with Crippen molar-refractivity contribution in [1.29, 1.82) is 0 Å². The Hall–Kier alpha value is -2.29. The summed E-state index contributed by atoms with van der Waals surface area (Å²) in [5.74, 6) is -1.93. The van der Waals surface area contributed by atoms with Gasteiger partial charge in [-0.3, -0.25) is 4.79 Å². The molecule has 0 radical (unpaired) electrons. The van der Waals surface area contributed by atoms with Crippen molar-refractivity contribution in [3.63, 3.8) is 0 Å². The van der Waals surface area contributed by atoms with Crippen LogP contribution in [0.2, 0.25) is 0 Å². The minimum Gasteiger partial charge on any atom is -0.476 e. The zero-order valence-corrected chi connectivity index (χ0v) is 14.1. The summed E-state index contributed by atoms with van der Waals surface area (Å²) in [7, 11) is 0. The number of aromatic nitrogens is 3. The number of nitrogens with one attached hydrogen (secondary N) is 1. The highest BCUT2D eigenvalue weighted by molar-refractivity contribution is 9.10. The van der Waals surface area contributed by atoms with E-state index in [1.165, 1.54) is 6.07 Å². The standard InChI is InChI=1S/C15H14BrFN4O3/c16-9-3-1-4-10(17)8(9)7-12(22)21-6-2-5-11(21)13-14(15(23)24)19-20-18-13/h1,3-4,11H,2,5-7H2,(H,23,24)(H,18,19,20). The van der Waals surface area contributed by atoms with E-state index >= 15 is 0 Å². The molecule has 2 aromatic rings. The zero-order chi connectivity index (χ0) is 17.3. The van der Waals surface area contributed by atoms with Crippen molar-refractivity contribution < 1.29 is 19.1 Å². The van der Waals surface area contributed by atoms with Crippen LogP contribution in [0.4, 0.5) is 4.39 Å². The lowest BCUT2D eigenvalue weighted by Crippen LogP contribution is -2.33. The number of hydrogen-bond donors (Lipinski definition) is 2. The van der Waals surface area contributed by atoms with Crippen LogP contribution < -0.4 is 0 Å². The van der Waals surface area contributed by atoms with Crippen LogP contribution >= 0.6 is 15.9 Å². The van der Waals surface area contributed by atoms with Crippen molar-refractivity contribution in [1.82, 2.24) is 20.3 Å². The largest absolute Gasteiger partial charge is 0.476 e. The van der Waals surface area contributed by atoms with Gasteiger partial charge in [0.2, 0.25) is 5.91 Å². The number of rotatable bonds is 4. The number of halogens is 2. The molecule has 9 heteroatoms. The van der Waals surface area contributed by atoms with Crippen LogP contribution in [0.25, 0.3) is 0 Å². The molecular weight excluding hydrogens is 383 g/mol. The maximum Gasteiger partial charge on any atom is 0.358 e. The lowest BCUT2D eigenvalue weighted by molar-refractivity contribution is -0.131. The normalized spacial score (nSPS) is 17.2. The van der Waals surface area contributed by atoms with Gasteiger partial charge < -0.3 is 10.0 Å². The number of H-pyrrole nitrogens is 1. The van der Waals surface area contributed by atoms with Crippen LogP contribution in [0.1, 0.15) is 40.6 Å². The molecule has 0 saturated carbocycles. The molecule has 1 aliphatic rings. The number of nitrogens with zero attached hydrogens (tertiary/aromatic N) is 3. The summed E-state index contributed by atoms with van der Waals surface area (Å²) in [5, 5.41) is 19.0. The number of carbonyl (C=O) groups excluding carboxylic acids is 1. The van der Waals surface area contributed by atoms with Crippen molar-refractivity contribution in [2.75, 3.05) is 6.54 Å². The molecule has 1 amide bonds. The number of aromatic carboxylic acids is 1. The molecule has 0 spiro atoms. The highest BCUT2D eigenvalue weighted by atomic mass is 79.9. The van der Waals surface area contributed by atoms with Crippen molar-refractivity contribution in [3.8, 4) is 0 Å². The first-order valence-corrected chi connectivity index (χ1v) is 8.14. The van der Waals surface area contributed by atoms with Crippen LogP contribution in [0, 0.1) is 5.82 Å². The van der Waals surface area contributed by atoms with E-state index < -0.39 is 17.8 Å². The summed E-state index contributed by atoms with van der Waals surface area (Å²) in [6, 6.07) is 4.07. The van der Waals surface area contributed by atoms with Gasteiger partial charge in [0.05, 0.1) is 12.5 Å². The predicted octanol–water partition coefficient (Wildman–Crippen LogP) is 2.31. The lowest BCUT2D eigenvalue weighted by Gasteiger charge is -2.24. The Morgan fingerprint density at radius 2 is 2.21 bits per heavy atom. The molecule has 0 bridgehead atoms. The molecule has 1 aromatic carbocycles. The van der Waals surface area contributed by atoms with E-state index in [1.807, 2.05) is 0 Å². The molecule has 1 aliphatic heterocycles. The molecule has 1 aromatic heterocycles. The molecule has 1 fully saturated rings. The van der Waals surface area contributed by atoms with Crippen molar-refractivity contribution >= 4 is 27.8 Å². The molecule has 1 saturated heterocycles. The van der Waals surface area contributed by atoms with E-state index in [0.717, 1.165) is 6.42 Å². The quantitative estimate of drug-likeness (QED) is 0.825. The van der Waals surface area contributed by atoms with E-state index in [0.29, 0.717) is 17.4 Å². The van der Waals surface area contributed by atoms with E-state index in [-0.39, 0.29) is 29.3 Å². The highest BCUT2D eigenvalue weighted by Gasteiger charge is 2.35. The predicted molar refractivity (Wildman–Crippen MR) is 84.8 cm³/mol. The second-order valence-corrected chi connectivity index (χ2v) is 6.34. The molecule has 126 valence electrons. The first-order valence-electron chi connectivity index (χ1n) is 7.35. The second kappa shape index (κ2) is 6.68. The van der Waals surface area contributed by atoms with Crippen molar-refractivity contribution in [2.24, 2.45) is 0 Å². The topological polar surface area (TPSA) is 99.2 Å². The molecule has 2 N–H and O–H groups in total. The molecule has 1 atom stereocenters. The molecule has 3 rings (SSSR count). The average Bonchev–Trinajstić information content (AvgIpc) is 3.18. The summed E-state index contributed by atoms with van der Waals surface area (Å²) in [5.41, 5.74) is 0.333. The molecule has 2 heterocycles. The fourth-order valence-corrected chi connectivity index (χ4v) is 3.41. The smallest absolute Gasteiger partial charge is 0.358 e. The Labute approximate surface area is 145 Å². The molecular formula is C15H14BrFN4O3. The minimum atomic E-state index is -1.20. The van der Waals surface area contributed by atoms with Crippen molar-refractivity contribution in [3.05, 3.63) is 45.4 Å². The molecule has 1 unspecified atom stereocenters. The Balaban J connectivity index is 1.84. The van der Waals surface area contributed by atoms with E-state index in [1.54, 1.807) is 17.0 Å². The number of carboxylic acids is 1. The number of benzene rings is 1. The van der Waals surface area contributed by atoms with Gasteiger partial charge in [0.25, 0.3) is 0 Å². The number of amides is 1. The minimum absolute atomic E-state index is 0.107. The van der Waals surface area contributed by atoms with E-state index in [4.69, 9.17) is 5.11 Å². The van der Waals surface area contributed by atoms with Gasteiger partial charge in [0, 0.05) is 16.6 Å². The molecule has 7 nitrogen and oxygen atoms in total. The second-order valence-electron chi connectivity index (χ2n) is 5.48. The summed E-state index contributed by atoms with van der Waals surface area (Å²) in [4.78, 5) is 25.4. The first kappa shape index (κ1) is 16.6. The Bertz CT molecular complexity index is 775. The van der Waals surface area contributed by atoms with Crippen LogP contribution in [-0.2, 0) is 11.2 Å². The van der Waals surface area contributed by atoms with Crippen LogP contribution in [-0.4, -0.2) is 43.8 Å². The average molecular weight is 397 g/mol. The fraction of sp³-hybridized carbons (Fsp3) is 0.333. The zero-order valence-electron chi connectivity index (χ0n) is 12.5. The third kappa shape index (κ3) is 3.03. The summed E-state index contributed by atoms with van der Waals surface area (Å²) < 4.78 is 14.5. The molecule has 0 aliphatic carbocycles. The summed E-state index contributed by atoms with van der Waals surface area (Å²) in [6.07, 6.45) is 1.21. The lowest BCUT2D eigenvalue weighted by atomic mass is 10.1. The van der Waals surface area contributed by atoms with Gasteiger partial charge in [0.15, 0.2) is 5.69 Å².